The van der Waals surface area contributed by atoms with E-state index in [0.717, 1.165) is 17.7 Å². The molecule has 5 nitrogen and oxygen atoms in total. The third-order valence-corrected chi connectivity index (χ3v) is 5.87. The van der Waals surface area contributed by atoms with Crippen LogP contribution < -0.4 is 10.6 Å². The Kier molecular flexibility index (Phi) is 4.98. The lowest BCUT2D eigenvalue weighted by Crippen LogP contribution is -2.63. The van der Waals surface area contributed by atoms with Gasteiger partial charge in [-0.2, -0.15) is 0 Å². The van der Waals surface area contributed by atoms with E-state index in [2.05, 4.69) is 10.6 Å². The van der Waals surface area contributed by atoms with Gasteiger partial charge in [-0.25, -0.2) is 8.78 Å². The number of carbonyl (C=O) groups excluding carboxylic acids is 2. The summed E-state index contributed by atoms with van der Waals surface area (Å²) in [6.45, 7) is 2.93. The number of amides is 2. The van der Waals surface area contributed by atoms with Crippen LogP contribution in [0.3, 0.4) is 0 Å². The molecule has 0 aromatic heterocycles. The molecule has 1 spiro atoms. The first-order valence-electron chi connectivity index (χ1n) is 9.86. The number of benzene rings is 2. The second-order valence-corrected chi connectivity index (χ2v) is 7.67. The van der Waals surface area contributed by atoms with Crippen molar-refractivity contribution in [2.45, 2.75) is 37.8 Å². The molecule has 2 aliphatic heterocycles. The molecule has 1 saturated heterocycles. The lowest BCUT2D eigenvalue weighted by atomic mass is 9.90. The lowest BCUT2D eigenvalue weighted by Gasteiger charge is -2.46. The van der Waals surface area contributed by atoms with Crippen LogP contribution in [0.25, 0.3) is 0 Å². The number of nitrogens with zero attached hydrogens (tertiary/aromatic N) is 1. The number of likely N-dealkylation sites (tertiary alicyclic amines) is 1. The Bertz CT molecular complexity index is 941. The van der Waals surface area contributed by atoms with Gasteiger partial charge in [-0.05, 0) is 18.1 Å². The highest BCUT2D eigenvalue weighted by atomic mass is 19.2. The van der Waals surface area contributed by atoms with E-state index in [4.69, 9.17) is 0 Å². The molecular weight excluding hydrogens is 376 g/mol. The Labute approximate surface area is 168 Å². The summed E-state index contributed by atoms with van der Waals surface area (Å²) in [7, 11) is 0. The van der Waals surface area contributed by atoms with Crippen LogP contribution >= 0.6 is 0 Å². The highest BCUT2D eigenvalue weighted by molar-refractivity contribution is 6.02. The fourth-order valence-electron chi connectivity index (χ4n) is 4.23. The molecule has 2 N–H and O–H groups in total. The van der Waals surface area contributed by atoms with Gasteiger partial charge in [0.2, 0.25) is 5.91 Å². The number of halogens is 2. The predicted molar refractivity (Wildman–Crippen MR) is 105 cm³/mol. The Morgan fingerprint density at radius 3 is 2.41 bits per heavy atom. The van der Waals surface area contributed by atoms with Gasteiger partial charge in [-0.15, -0.1) is 0 Å². The average molecular weight is 399 g/mol. The summed E-state index contributed by atoms with van der Waals surface area (Å²) >= 11 is 0. The normalized spacial score (nSPS) is 18.6. The van der Waals surface area contributed by atoms with E-state index < -0.39 is 23.2 Å². The monoisotopic (exact) mass is 399 g/mol. The van der Waals surface area contributed by atoms with Gasteiger partial charge in [0, 0.05) is 32.0 Å². The fraction of sp³-hybridized carbons (Fsp3) is 0.364. The van der Waals surface area contributed by atoms with E-state index in [-0.39, 0.29) is 23.1 Å². The predicted octanol–water partition coefficient (Wildman–Crippen LogP) is 3.63. The van der Waals surface area contributed by atoms with Gasteiger partial charge in [-0.3, -0.25) is 9.59 Å². The number of hydrogen-bond acceptors (Lipinski definition) is 3. The number of piperidine rings is 1. The molecule has 152 valence electrons. The van der Waals surface area contributed by atoms with E-state index in [1.807, 2.05) is 42.2 Å². The van der Waals surface area contributed by atoms with Crippen LogP contribution in [-0.4, -0.2) is 35.5 Å². The van der Waals surface area contributed by atoms with Crippen molar-refractivity contribution < 1.29 is 18.4 Å². The number of hydrogen-bond donors (Lipinski definition) is 2. The van der Waals surface area contributed by atoms with Crippen LogP contribution in [0.2, 0.25) is 0 Å². The number of nitrogens with one attached hydrogen (secondary N) is 2. The number of anilines is 1. The van der Waals surface area contributed by atoms with Crippen LogP contribution in [0.5, 0.6) is 0 Å². The molecule has 0 bridgehead atoms. The molecule has 2 amide bonds. The van der Waals surface area contributed by atoms with Gasteiger partial charge in [-0.1, -0.05) is 37.3 Å². The molecule has 2 heterocycles. The van der Waals surface area contributed by atoms with Gasteiger partial charge in [0.15, 0.2) is 11.6 Å². The maximum atomic E-state index is 13.6. The van der Waals surface area contributed by atoms with Crippen molar-refractivity contribution >= 4 is 17.5 Å². The number of carbonyl (C=O) groups is 2. The zero-order chi connectivity index (χ0) is 20.6. The molecule has 1 atom stereocenters. The molecule has 4 rings (SSSR count). The van der Waals surface area contributed by atoms with E-state index in [1.54, 1.807) is 0 Å². The molecule has 0 radical (unpaired) electrons. The molecule has 2 aromatic rings. The Hall–Kier alpha value is -2.96. The maximum Gasteiger partial charge on any atom is 0.255 e. The minimum Gasteiger partial charge on any atom is -0.362 e. The van der Waals surface area contributed by atoms with Crippen molar-refractivity contribution in [3.05, 3.63) is 65.2 Å². The smallest absolute Gasteiger partial charge is 0.255 e. The van der Waals surface area contributed by atoms with Crippen LogP contribution in [0, 0.1) is 11.6 Å². The molecule has 2 aromatic carbocycles. The molecule has 7 heteroatoms. The summed E-state index contributed by atoms with van der Waals surface area (Å²) in [6, 6.07) is 11.6. The Morgan fingerprint density at radius 2 is 1.76 bits per heavy atom. The van der Waals surface area contributed by atoms with Crippen LogP contribution in [0.4, 0.5) is 14.5 Å². The minimum atomic E-state index is -1.05. The molecule has 0 aliphatic carbocycles. The first kappa shape index (κ1) is 19.4. The minimum absolute atomic E-state index is 0.0733. The largest absolute Gasteiger partial charge is 0.362 e. The first-order chi connectivity index (χ1) is 13.9. The third kappa shape index (κ3) is 3.57. The maximum absolute atomic E-state index is 13.6. The number of fused-ring (bicyclic) bond motifs is 1. The van der Waals surface area contributed by atoms with Crippen LogP contribution in [0.1, 0.15) is 48.0 Å². The third-order valence-electron chi connectivity index (χ3n) is 5.87. The topological polar surface area (TPSA) is 61.4 Å². The number of rotatable bonds is 3. The second-order valence-electron chi connectivity index (χ2n) is 7.67. The standard InChI is InChI=1S/C22H23F2N3O2/c1-2-15(14-6-4-3-5-7-14)21(29)27-10-8-22(9-11-27)25-19-13-18(24)17(23)12-16(19)20(28)26-22/h3-7,12-13,15,25H,2,8-11H2,1H3,(H,26,28). The summed E-state index contributed by atoms with van der Waals surface area (Å²) in [5.74, 6) is -2.61. The zero-order valence-electron chi connectivity index (χ0n) is 16.2. The van der Waals surface area contributed by atoms with E-state index in [0.29, 0.717) is 32.4 Å². The molecule has 0 saturated carbocycles. The van der Waals surface area contributed by atoms with Crippen molar-refractivity contribution in [1.82, 2.24) is 10.2 Å². The highest BCUT2D eigenvalue weighted by Crippen LogP contribution is 2.33. The van der Waals surface area contributed by atoms with Crippen LogP contribution in [-0.2, 0) is 4.79 Å². The molecule has 1 fully saturated rings. The van der Waals surface area contributed by atoms with Crippen molar-refractivity contribution in [3.63, 3.8) is 0 Å². The average Bonchev–Trinajstić information content (AvgIpc) is 2.71. The van der Waals surface area contributed by atoms with Crippen molar-refractivity contribution in [1.29, 1.82) is 0 Å². The quantitative estimate of drug-likeness (QED) is 0.829. The summed E-state index contributed by atoms with van der Waals surface area (Å²) < 4.78 is 27.1. The summed E-state index contributed by atoms with van der Waals surface area (Å²) in [5, 5.41) is 6.06. The van der Waals surface area contributed by atoms with E-state index in [9.17, 15) is 18.4 Å². The summed E-state index contributed by atoms with van der Waals surface area (Å²) in [5.41, 5.74) is 0.599. The first-order valence-corrected chi connectivity index (χ1v) is 9.86. The second kappa shape index (κ2) is 7.46. The van der Waals surface area contributed by atoms with Gasteiger partial charge in [0.1, 0.15) is 5.66 Å². The van der Waals surface area contributed by atoms with E-state index >= 15 is 0 Å². The van der Waals surface area contributed by atoms with Crippen LogP contribution in [0.15, 0.2) is 42.5 Å². The summed E-state index contributed by atoms with van der Waals surface area (Å²) in [6.07, 6.45) is 1.67. The van der Waals surface area contributed by atoms with Gasteiger partial charge in [0.05, 0.1) is 17.2 Å². The highest BCUT2D eigenvalue weighted by Gasteiger charge is 2.42. The van der Waals surface area contributed by atoms with Crippen molar-refractivity contribution in [2.75, 3.05) is 18.4 Å². The fourth-order valence-corrected chi connectivity index (χ4v) is 4.23. The van der Waals surface area contributed by atoms with Gasteiger partial charge < -0.3 is 15.5 Å². The van der Waals surface area contributed by atoms with Gasteiger partial charge >= 0.3 is 0 Å². The van der Waals surface area contributed by atoms with Crippen molar-refractivity contribution in [2.24, 2.45) is 0 Å². The SMILES string of the molecule is CCC(C(=O)N1CCC2(CC1)NC(=O)c1cc(F)c(F)cc1N2)c1ccccc1. The lowest BCUT2D eigenvalue weighted by molar-refractivity contribution is -0.134. The van der Waals surface area contributed by atoms with E-state index in [1.165, 1.54) is 0 Å². The summed E-state index contributed by atoms with van der Waals surface area (Å²) in [4.78, 5) is 27.3. The molecule has 1 unspecified atom stereocenters. The van der Waals surface area contributed by atoms with Gasteiger partial charge in [0.25, 0.3) is 5.91 Å². The zero-order valence-corrected chi connectivity index (χ0v) is 16.2. The van der Waals surface area contributed by atoms with Crippen molar-refractivity contribution in [3.8, 4) is 0 Å². The molecule has 29 heavy (non-hydrogen) atoms. The Balaban J connectivity index is 1.48. The Morgan fingerprint density at radius 1 is 1.10 bits per heavy atom. The molecular formula is C22H23F2N3O2. The molecule has 2 aliphatic rings.